The van der Waals surface area contributed by atoms with Crippen molar-refractivity contribution in [2.75, 3.05) is 23.7 Å². The van der Waals surface area contributed by atoms with E-state index in [1.54, 1.807) is 24.3 Å². The van der Waals surface area contributed by atoms with Crippen LogP contribution >= 0.6 is 0 Å². The van der Waals surface area contributed by atoms with Crippen LogP contribution in [0.15, 0.2) is 47.4 Å². The van der Waals surface area contributed by atoms with Crippen molar-refractivity contribution in [3.05, 3.63) is 53.6 Å². The summed E-state index contributed by atoms with van der Waals surface area (Å²) in [4.78, 5) is 11.8. The van der Waals surface area contributed by atoms with Gasteiger partial charge in [-0.3, -0.25) is 4.72 Å². The molecule has 0 aliphatic heterocycles. The Morgan fingerprint density at radius 3 is 2.33 bits per heavy atom. The average Bonchev–Trinajstić information content (AvgIpc) is 2.56. The third-order valence-electron chi connectivity index (χ3n) is 3.38. The summed E-state index contributed by atoms with van der Waals surface area (Å²) in [7, 11) is -2.49. The van der Waals surface area contributed by atoms with Gasteiger partial charge in [0.05, 0.1) is 28.9 Å². The number of hydrogen-bond donors (Lipinski definition) is 2. The Morgan fingerprint density at radius 2 is 1.75 bits per heavy atom. The van der Waals surface area contributed by atoms with Gasteiger partial charge in [-0.25, -0.2) is 13.2 Å². The average molecular weight is 348 g/mol. The summed E-state index contributed by atoms with van der Waals surface area (Å²) in [5.74, 6) is -0.533. The number of anilines is 2. The Bertz CT molecular complexity index is 830. The Hall–Kier alpha value is -2.54. The van der Waals surface area contributed by atoms with Crippen molar-refractivity contribution in [3.8, 4) is 0 Å². The Balaban J connectivity index is 2.41. The monoisotopic (exact) mass is 348 g/mol. The SMILES string of the molecule is CCNc1ccc(C(=O)OC)cc1NS(=O)(=O)c1ccc(C)cc1. The number of aryl methyl sites for hydroxylation is 1. The summed E-state index contributed by atoms with van der Waals surface area (Å²) in [5, 5.41) is 3.06. The summed E-state index contributed by atoms with van der Waals surface area (Å²) in [6.07, 6.45) is 0. The van der Waals surface area contributed by atoms with Crippen molar-refractivity contribution in [1.29, 1.82) is 0 Å². The van der Waals surface area contributed by atoms with Crippen LogP contribution in [0.1, 0.15) is 22.8 Å². The van der Waals surface area contributed by atoms with Crippen LogP contribution in [0.4, 0.5) is 11.4 Å². The number of carbonyl (C=O) groups excluding carboxylic acids is 1. The van der Waals surface area contributed by atoms with Crippen molar-refractivity contribution in [3.63, 3.8) is 0 Å². The van der Waals surface area contributed by atoms with E-state index < -0.39 is 16.0 Å². The van der Waals surface area contributed by atoms with Crippen LogP contribution in [-0.2, 0) is 14.8 Å². The smallest absolute Gasteiger partial charge is 0.337 e. The fourth-order valence-electron chi connectivity index (χ4n) is 2.14. The molecule has 6 nitrogen and oxygen atoms in total. The summed E-state index contributed by atoms with van der Waals surface area (Å²) < 4.78 is 32.3. The molecule has 2 rings (SSSR count). The number of ether oxygens (including phenoxy) is 1. The molecule has 0 heterocycles. The highest BCUT2D eigenvalue weighted by Gasteiger charge is 2.17. The summed E-state index contributed by atoms with van der Waals surface area (Å²) in [5.41, 5.74) is 2.11. The van der Waals surface area contributed by atoms with E-state index in [9.17, 15) is 13.2 Å². The third kappa shape index (κ3) is 4.05. The van der Waals surface area contributed by atoms with Gasteiger partial charge in [-0.15, -0.1) is 0 Å². The minimum Gasteiger partial charge on any atom is -0.465 e. The first-order chi connectivity index (χ1) is 11.4. The van der Waals surface area contributed by atoms with Gasteiger partial charge in [-0.2, -0.15) is 0 Å². The molecule has 0 radical (unpaired) electrons. The Kier molecular flexibility index (Phi) is 5.46. The molecule has 0 atom stereocenters. The fourth-order valence-corrected chi connectivity index (χ4v) is 3.21. The van der Waals surface area contributed by atoms with Crippen molar-refractivity contribution >= 4 is 27.4 Å². The van der Waals surface area contributed by atoms with E-state index in [2.05, 4.69) is 14.8 Å². The van der Waals surface area contributed by atoms with Crippen LogP contribution in [0.3, 0.4) is 0 Å². The first kappa shape index (κ1) is 17.8. The molecule has 0 fully saturated rings. The van der Waals surface area contributed by atoms with Crippen LogP contribution in [0.25, 0.3) is 0 Å². The first-order valence-electron chi connectivity index (χ1n) is 7.43. The van der Waals surface area contributed by atoms with E-state index in [4.69, 9.17) is 0 Å². The maximum absolute atomic E-state index is 12.6. The van der Waals surface area contributed by atoms with Crippen molar-refractivity contribution in [2.24, 2.45) is 0 Å². The lowest BCUT2D eigenvalue weighted by Crippen LogP contribution is -2.15. The van der Waals surface area contributed by atoms with Gasteiger partial charge < -0.3 is 10.1 Å². The number of nitrogens with one attached hydrogen (secondary N) is 2. The minimum absolute atomic E-state index is 0.152. The molecule has 0 saturated carbocycles. The number of benzene rings is 2. The molecule has 0 aliphatic carbocycles. The van der Waals surface area contributed by atoms with Crippen LogP contribution in [0.2, 0.25) is 0 Å². The van der Waals surface area contributed by atoms with E-state index >= 15 is 0 Å². The fraction of sp³-hybridized carbons (Fsp3) is 0.235. The topological polar surface area (TPSA) is 84.5 Å². The van der Waals surface area contributed by atoms with Crippen molar-refractivity contribution in [2.45, 2.75) is 18.7 Å². The van der Waals surface area contributed by atoms with E-state index in [0.717, 1.165) is 5.56 Å². The molecule has 2 aromatic carbocycles. The van der Waals surface area contributed by atoms with Gasteiger partial charge in [-0.1, -0.05) is 17.7 Å². The standard InChI is InChI=1S/C17H20N2O4S/c1-4-18-15-10-7-13(17(20)23-3)11-16(15)19-24(21,22)14-8-5-12(2)6-9-14/h5-11,18-19H,4H2,1-3H3. The number of methoxy groups -OCH3 is 1. The van der Waals surface area contributed by atoms with Crippen LogP contribution < -0.4 is 10.0 Å². The molecule has 0 spiro atoms. The molecule has 0 aliphatic rings. The maximum Gasteiger partial charge on any atom is 0.337 e. The van der Waals surface area contributed by atoms with Gasteiger partial charge in [0, 0.05) is 6.54 Å². The molecule has 7 heteroatoms. The molecule has 0 aromatic heterocycles. The van der Waals surface area contributed by atoms with Gasteiger partial charge in [0.15, 0.2) is 0 Å². The van der Waals surface area contributed by atoms with Crippen molar-refractivity contribution in [1.82, 2.24) is 0 Å². The second-order valence-corrected chi connectivity index (χ2v) is 6.88. The lowest BCUT2D eigenvalue weighted by atomic mass is 10.1. The molecule has 24 heavy (non-hydrogen) atoms. The summed E-state index contributed by atoms with van der Waals surface area (Å²) >= 11 is 0. The molecule has 0 saturated heterocycles. The van der Waals surface area contributed by atoms with Crippen LogP contribution in [-0.4, -0.2) is 28.0 Å². The van der Waals surface area contributed by atoms with Gasteiger partial charge in [-0.05, 0) is 44.2 Å². The van der Waals surface area contributed by atoms with Gasteiger partial charge >= 0.3 is 5.97 Å². The highest BCUT2D eigenvalue weighted by atomic mass is 32.2. The number of hydrogen-bond acceptors (Lipinski definition) is 5. The van der Waals surface area contributed by atoms with Crippen LogP contribution in [0.5, 0.6) is 0 Å². The van der Waals surface area contributed by atoms with Crippen LogP contribution in [0, 0.1) is 6.92 Å². The van der Waals surface area contributed by atoms with E-state index in [-0.39, 0.29) is 10.5 Å². The second-order valence-electron chi connectivity index (χ2n) is 5.20. The number of sulfonamides is 1. The molecular weight excluding hydrogens is 328 g/mol. The van der Waals surface area contributed by atoms with E-state index in [1.165, 1.54) is 25.3 Å². The predicted molar refractivity (Wildman–Crippen MR) is 93.9 cm³/mol. The summed E-state index contributed by atoms with van der Waals surface area (Å²) in [6, 6.07) is 11.2. The molecule has 2 aromatic rings. The van der Waals surface area contributed by atoms with E-state index in [1.807, 2.05) is 13.8 Å². The number of carbonyl (C=O) groups is 1. The molecule has 0 bridgehead atoms. The molecule has 0 unspecified atom stereocenters. The predicted octanol–water partition coefficient (Wildman–Crippen LogP) is 3.01. The highest BCUT2D eigenvalue weighted by molar-refractivity contribution is 7.92. The number of esters is 1. The first-order valence-corrected chi connectivity index (χ1v) is 8.91. The Labute approximate surface area is 141 Å². The quantitative estimate of drug-likeness (QED) is 0.784. The summed E-state index contributed by atoms with van der Waals surface area (Å²) in [6.45, 7) is 4.39. The largest absolute Gasteiger partial charge is 0.465 e. The van der Waals surface area contributed by atoms with Gasteiger partial charge in [0.25, 0.3) is 10.0 Å². The lowest BCUT2D eigenvalue weighted by Gasteiger charge is -2.14. The lowest BCUT2D eigenvalue weighted by molar-refractivity contribution is 0.0601. The second kappa shape index (κ2) is 7.35. The molecular formula is C17H20N2O4S. The van der Waals surface area contributed by atoms with Gasteiger partial charge in [0.2, 0.25) is 0 Å². The molecule has 0 amide bonds. The highest BCUT2D eigenvalue weighted by Crippen LogP contribution is 2.26. The molecule has 2 N–H and O–H groups in total. The third-order valence-corrected chi connectivity index (χ3v) is 4.76. The molecule has 128 valence electrons. The van der Waals surface area contributed by atoms with Gasteiger partial charge in [0.1, 0.15) is 0 Å². The van der Waals surface area contributed by atoms with E-state index in [0.29, 0.717) is 17.9 Å². The zero-order valence-electron chi connectivity index (χ0n) is 13.8. The Morgan fingerprint density at radius 1 is 1.08 bits per heavy atom. The number of rotatable bonds is 6. The maximum atomic E-state index is 12.6. The normalized spacial score (nSPS) is 11.0. The van der Waals surface area contributed by atoms with Crippen molar-refractivity contribution < 1.29 is 17.9 Å². The zero-order chi connectivity index (χ0) is 17.7. The zero-order valence-corrected chi connectivity index (χ0v) is 14.6. The minimum atomic E-state index is -3.76.